The van der Waals surface area contributed by atoms with E-state index in [2.05, 4.69) is 21.3 Å². The Morgan fingerprint density at radius 2 is 1.93 bits per heavy atom. The van der Waals surface area contributed by atoms with Gasteiger partial charge in [0.15, 0.2) is 5.03 Å². The minimum Gasteiger partial charge on any atom is -0.466 e. The first-order chi connectivity index (χ1) is 19.0. The largest absolute Gasteiger partial charge is 0.466 e. The molecule has 0 spiro atoms. The molecule has 0 aliphatic carbocycles. The Labute approximate surface area is 231 Å². The second-order valence-corrected chi connectivity index (χ2v) is 10.9. The van der Waals surface area contributed by atoms with Crippen LogP contribution in [0.15, 0.2) is 66.2 Å². The Kier molecular flexibility index (Phi) is 8.77. The molecule has 1 aliphatic rings. The van der Waals surface area contributed by atoms with E-state index in [4.69, 9.17) is 4.74 Å². The molecule has 0 saturated carbocycles. The first kappa shape index (κ1) is 29.1. The molecule has 1 saturated heterocycles. The average molecular weight is 575 g/mol. The molecule has 212 valence electrons. The van der Waals surface area contributed by atoms with E-state index in [1.54, 1.807) is 31.2 Å². The monoisotopic (exact) mass is 574 g/mol. The molecule has 0 amide bonds. The number of alkyl halides is 3. The van der Waals surface area contributed by atoms with Gasteiger partial charge in [-0.2, -0.15) is 21.6 Å². The van der Waals surface area contributed by atoms with Crippen LogP contribution in [0.5, 0.6) is 0 Å². The van der Waals surface area contributed by atoms with Crippen molar-refractivity contribution in [2.24, 2.45) is 5.92 Å². The van der Waals surface area contributed by atoms with Gasteiger partial charge in [-0.3, -0.25) is 9.52 Å². The number of aromatic nitrogens is 2. The number of hydrogen-bond acceptors (Lipinski definition) is 7. The van der Waals surface area contributed by atoms with Gasteiger partial charge in [-0.05, 0) is 55.5 Å². The van der Waals surface area contributed by atoms with Crippen molar-refractivity contribution in [1.82, 2.24) is 9.97 Å². The van der Waals surface area contributed by atoms with Crippen molar-refractivity contribution in [3.63, 3.8) is 0 Å². The maximum Gasteiger partial charge on any atom is 0.418 e. The first-order valence-corrected chi connectivity index (χ1v) is 14.2. The standard InChI is InChI=1S/C28H29F3N4O4S/c1-3-20-10-5-6-11-21(20)27-22(28(29,30)31)14-15-23(32-27)34-40(37,38)25-13-7-12-24(33-25)35-16-8-9-19(18-35)17-26(36)39-4-2/h3,5-7,10-15,19H,1,4,8-9,16-18H2,2H3,(H,32,34)/t19-/m0/s1. The summed E-state index contributed by atoms with van der Waals surface area (Å²) in [5.74, 6) is -0.109. The molecule has 1 atom stereocenters. The number of nitrogens with zero attached hydrogens (tertiary/aromatic N) is 3. The summed E-state index contributed by atoms with van der Waals surface area (Å²) in [7, 11) is -4.30. The Morgan fingerprint density at radius 3 is 2.65 bits per heavy atom. The highest BCUT2D eigenvalue weighted by molar-refractivity contribution is 7.92. The van der Waals surface area contributed by atoms with Crippen LogP contribution in [-0.4, -0.2) is 44.1 Å². The number of esters is 1. The van der Waals surface area contributed by atoms with Crippen LogP contribution in [0.3, 0.4) is 0 Å². The van der Waals surface area contributed by atoms with Crippen LogP contribution in [0.1, 0.15) is 37.3 Å². The van der Waals surface area contributed by atoms with Gasteiger partial charge in [-0.25, -0.2) is 9.97 Å². The summed E-state index contributed by atoms with van der Waals surface area (Å²) >= 11 is 0. The molecule has 0 radical (unpaired) electrons. The molecule has 3 aromatic rings. The quantitative estimate of drug-likeness (QED) is 0.324. The Hall–Kier alpha value is -3.93. The number of hydrogen-bond donors (Lipinski definition) is 1. The number of halogens is 3. The average Bonchev–Trinajstić information content (AvgIpc) is 2.92. The van der Waals surface area contributed by atoms with E-state index in [1.807, 2.05) is 4.90 Å². The van der Waals surface area contributed by atoms with E-state index in [0.717, 1.165) is 25.0 Å². The number of nitrogens with one attached hydrogen (secondary N) is 1. The maximum absolute atomic E-state index is 13.8. The van der Waals surface area contributed by atoms with Crippen molar-refractivity contribution in [3.05, 3.63) is 72.3 Å². The Bertz CT molecular complexity index is 1490. The second-order valence-electron chi connectivity index (χ2n) is 9.28. The van der Waals surface area contributed by atoms with Crippen LogP contribution in [0.2, 0.25) is 0 Å². The lowest BCUT2D eigenvalue weighted by Gasteiger charge is -2.33. The second kappa shape index (κ2) is 12.1. The zero-order chi connectivity index (χ0) is 28.9. The minimum absolute atomic E-state index is 0.0428. The number of carbonyl (C=O) groups is 1. The zero-order valence-corrected chi connectivity index (χ0v) is 22.6. The molecular weight excluding hydrogens is 545 g/mol. The van der Waals surface area contributed by atoms with E-state index in [9.17, 15) is 26.4 Å². The maximum atomic E-state index is 13.8. The van der Waals surface area contributed by atoms with Gasteiger partial charge < -0.3 is 9.64 Å². The predicted molar refractivity (Wildman–Crippen MR) is 146 cm³/mol. The molecule has 2 aromatic heterocycles. The number of pyridine rings is 2. The van der Waals surface area contributed by atoms with Crippen LogP contribution in [0.4, 0.5) is 24.8 Å². The molecule has 1 aromatic carbocycles. The number of sulfonamides is 1. The Morgan fingerprint density at radius 1 is 1.15 bits per heavy atom. The van der Waals surface area contributed by atoms with Gasteiger partial charge in [0.2, 0.25) is 0 Å². The topological polar surface area (TPSA) is 101 Å². The summed E-state index contributed by atoms with van der Waals surface area (Å²) in [5.41, 5.74) is -0.857. The van der Waals surface area contributed by atoms with E-state index in [-0.39, 0.29) is 34.7 Å². The van der Waals surface area contributed by atoms with Gasteiger partial charge in [0.25, 0.3) is 10.0 Å². The lowest BCUT2D eigenvalue weighted by molar-refractivity contribution is -0.144. The summed E-state index contributed by atoms with van der Waals surface area (Å²) in [5, 5.41) is -0.313. The van der Waals surface area contributed by atoms with Crippen molar-refractivity contribution < 1.29 is 31.1 Å². The molecule has 0 bridgehead atoms. The molecule has 1 aliphatic heterocycles. The number of ether oxygens (including phenoxy) is 1. The third kappa shape index (κ3) is 6.79. The van der Waals surface area contributed by atoms with Crippen molar-refractivity contribution >= 4 is 33.7 Å². The molecule has 0 unspecified atom stereocenters. The summed E-state index contributed by atoms with van der Waals surface area (Å²) in [6.45, 7) is 6.84. The van der Waals surface area contributed by atoms with Crippen LogP contribution >= 0.6 is 0 Å². The van der Waals surface area contributed by atoms with E-state index in [0.29, 0.717) is 31.1 Å². The Balaban J connectivity index is 1.61. The highest BCUT2D eigenvalue weighted by Gasteiger charge is 2.35. The molecule has 1 fully saturated rings. The molecule has 12 heteroatoms. The van der Waals surface area contributed by atoms with Crippen LogP contribution in [-0.2, 0) is 25.7 Å². The first-order valence-electron chi connectivity index (χ1n) is 12.7. The van der Waals surface area contributed by atoms with Crippen LogP contribution < -0.4 is 9.62 Å². The SMILES string of the molecule is C=Cc1ccccc1-c1nc(NS(=O)(=O)c2cccc(N3CCC[C@@H](CC(=O)OCC)C3)n2)ccc1C(F)(F)F. The van der Waals surface area contributed by atoms with Gasteiger partial charge in [0.1, 0.15) is 11.6 Å². The van der Waals surface area contributed by atoms with Crippen molar-refractivity contribution in [2.75, 3.05) is 29.3 Å². The van der Waals surface area contributed by atoms with Gasteiger partial charge in [0, 0.05) is 18.7 Å². The molecule has 4 rings (SSSR count). The van der Waals surface area contributed by atoms with Crippen LogP contribution in [0.25, 0.3) is 17.3 Å². The van der Waals surface area contributed by atoms with E-state index < -0.39 is 27.5 Å². The highest BCUT2D eigenvalue weighted by atomic mass is 32.2. The van der Waals surface area contributed by atoms with E-state index in [1.165, 1.54) is 24.3 Å². The van der Waals surface area contributed by atoms with Crippen molar-refractivity contribution in [1.29, 1.82) is 0 Å². The molecule has 8 nitrogen and oxygen atoms in total. The van der Waals surface area contributed by atoms with Crippen molar-refractivity contribution in [2.45, 2.75) is 37.4 Å². The van der Waals surface area contributed by atoms with Crippen LogP contribution in [0, 0.1) is 5.92 Å². The summed E-state index contributed by atoms with van der Waals surface area (Å²) < 4.78 is 75.2. The molecule has 3 heterocycles. The fraction of sp³-hybridized carbons (Fsp3) is 0.321. The number of benzene rings is 1. The number of carbonyl (C=O) groups excluding carboxylic acids is 1. The van der Waals surface area contributed by atoms with Gasteiger partial charge in [-0.15, -0.1) is 0 Å². The normalized spacial score (nSPS) is 15.9. The summed E-state index contributed by atoms with van der Waals surface area (Å²) in [6, 6.07) is 12.5. The number of piperidine rings is 1. The lowest BCUT2D eigenvalue weighted by atomic mass is 9.95. The van der Waals surface area contributed by atoms with Gasteiger partial charge >= 0.3 is 12.1 Å². The van der Waals surface area contributed by atoms with Gasteiger partial charge in [-0.1, -0.05) is 43.0 Å². The third-order valence-electron chi connectivity index (χ3n) is 6.46. The smallest absolute Gasteiger partial charge is 0.418 e. The summed E-state index contributed by atoms with van der Waals surface area (Å²) in [4.78, 5) is 22.2. The number of rotatable bonds is 9. The summed E-state index contributed by atoms with van der Waals surface area (Å²) in [6.07, 6.45) is -1.41. The fourth-order valence-electron chi connectivity index (χ4n) is 4.66. The molecule has 40 heavy (non-hydrogen) atoms. The fourth-order valence-corrected chi connectivity index (χ4v) is 5.62. The van der Waals surface area contributed by atoms with E-state index >= 15 is 0 Å². The zero-order valence-electron chi connectivity index (χ0n) is 21.8. The highest BCUT2D eigenvalue weighted by Crippen LogP contribution is 2.38. The lowest BCUT2D eigenvalue weighted by Crippen LogP contribution is -2.37. The number of anilines is 2. The third-order valence-corrected chi connectivity index (χ3v) is 7.72. The molecular formula is C28H29F3N4O4S. The van der Waals surface area contributed by atoms with Gasteiger partial charge in [0.05, 0.1) is 24.3 Å². The molecule has 1 N–H and O–H groups in total. The predicted octanol–water partition coefficient (Wildman–Crippen LogP) is 5.78. The van der Waals surface area contributed by atoms with Crippen molar-refractivity contribution in [3.8, 4) is 11.3 Å². The minimum atomic E-state index is -4.72.